The summed E-state index contributed by atoms with van der Waals surface area (Å²) >= 11 is 7.69. The number of hydrogen-bond donors (Lipinski definition) is 0. The highest BCUT2D eigenvalue weighted by atomic mass is 35.5. The summed E-state index contributed by atoms with van der Waals surface area (Å²) in [5.41, 5.74) is 1.86. The number of halogens is 1. The maximum atomic E-state index is 6.45. The predicted molar refractivity (Wildman–Crippen MR) is 126 cm³/mol. The van der Waals surface area contributed by atoms with E-state index < -0.39 is 6.29 Å². The molecule has 0 N–H and O–H groups in total. The van der Waals surface area contributed by atoms with Crippen molar-refractivity contribution in [3.63, 3.8) is 0 Å². The zero-order valence-electron chi connectivity index (χ0n) is 17.7. The Hall–Kier alpha value is -1.86. The van der Waals surface area contributed by atoms with Crippen LogP contribution in [0.5, 0.6) is 0 Å². The normalized spacial score (nSPS) is 29.6. The zero-order valence-corrected chi connectivity index (χ0v) is 19.2. The monoisotopic (exact) mass is 468 g/mol. The number of thioether (sulfide) groups is 1. The Morgan fingerprint density at radius 3 is 2.19 bits per heavy atom. The predicted octanol–water partition coefficient (Wildman–Crippen LogP) is 6.25. The Bertz CT molecular complexity index is 1000. The van der Waals surface area contributed by atoms with Crippen LogP contribution in [-0.2, 0) is 25.6 Å². The van der Waals surface area contributed by atoms with E-state index in [1.54, 1.807) is 11.8 Å². The SMILES string of the molecule is C[C@@H]1O[C@H](Sc2ccc(Cl)cc2)[C@@H](OCc2ccccc2)[C@@H]2OC(c3ccccc3)O[C@@H]21. The van der Waals surface area contributed by atoms with Crippen molar-refractivity contribution in [2.24, 2.45) is 0 Å². The molecule has 32 heavy (non-hydrogen) atoms. The van der Waals surface area contributed by atoms with E-state index in [1.807, 2.05) is 79.7 Å². The van der Waals surface area contributed by atoms with Crippen molar-refractivity contribution < 1.29 is 18.9 Å². The summed E-state index contributed by atoms with van der Waals surface area (Å²) in [7, 11) is 0. The van der Waals surface area contributed by atoms with Crippen LogP contribution in [0.25, 0.3) is 0 Å². The van der Waals surface area contributed by atoms with Crippen LogP contribution in [0.1, 0.15) is 24.3 Å². The molecule has 166 valence electrons. The third-order valence-corrected chi connectivity index (χ3v) is 7.12. The highest BCUT2D eigenvalue weighted by Gasteiger charge is 2.52. The van der Waals surface area contributed by atoms with Crippen LogP contribution in [0.15, 0.2) is 89.8 Å². The van der Waals surface area contributed by atoms with E-state index in [2.05, 4.69) is 12.1 Å². The van der Waals surface area contributed by atoms with Gasteiger partial charge in [-0.3, -0.25) is 0 Å². The Labute approximate surface area is 197 Å². The number of fused-ring (bicyclic) bond motifs is 1. The molecule has 0 saturated carbocycles. The van der Waals surface area contributed by atoms with E-state index in [9.17, 15) is 0 Å². The largest absolute Gasteiger partial charge is 0.367 e. The lowest BCUT2D eigenvalue weighted by Crippen LogP contribution is -2.55. The van der Waals surface area contributed by atoms with E-state index in [1.165, 1.54) is 0 Å². The third kappa shape index (κ3) is 4.88. The molecular weight excluding hydrogens is 444 g/mol. The topological polar surface area (TPSA) is 36.9 Å². The van der Waals surface area contributed by atoms with Crippen LogP contribution in [0.4, 0.5) is 0 Å². The summed E-state index contributed by atoms with van der Waals surface area (Å²) in [5.74, 6) is 0. The Kier molecular flexibility index (Phi) is 6.83. The van der Waals surface area contributed by atoms with Gasteiger partial charge in [-0.05, 0) is 36.8 Å². The summed E-state index contributed by atoms with van der Waals surface area (Å²) < 4.78 is 25.6. The van der Waals surface area contributed by atoms with E-state index in [4.69, 9.17) is 30.5 Å². The van der Waals surface area contributed by atoms with Crippen LogP contribution in [0.2, 0.25) is 5.02 Å². The second-order valence-corrected chi connectivity index (χ2v) is 9.59. The molecule has 0 spiro atoms. The molecule has 1 unspecified atom stereocenters. The van der Waals surface area contributed by atoms with Crippen molar-refractivity contribution in [3.05, 3.63) is 101 Å². The lowest BCUT2D eigenvalue weighted by atomic mass is 10.0. The molecule has 0 bridgehead atoms. The van der Waals surface area contributed by atoms with Gasteiger partial charge in [-0.2, -0.15) is 0 Å². The van der Waals surface area contributed by atoms with Crippen molar-refractivity contribution in [1.29, 1.82) is 0 Å². The van der Waals surface area contributed by atoms with E-state index in [0.29, 0.717) is 11.6 Å². The van der Waals surface area contributed by atoms with Crippen molar-refractivity contribution in [1.82, 2.24) is 0 Å². The Balaban J connectivity index is 1.39. The minimum atomic E-state index is -0.431. The number of benzene rings is 3. The molecule has 2 saturated heterocycles. The molecule has 2 aliphatic rings. The minimum absolute atomic E-state index is 0.130. The van der Waals surface area contributed by atoms with Gasteiger partial charge >= 0.3 is 0 Å². The van der Waals surface area contributed by atoms with E-state index in [0.717, 1.165) is 16.0 Å². The highest BCUT2D eigenvalue weighted by molar-refractivity contribution is 7.99. The molecule has 3 aromatic rings. The Morgan fingerprint density at radius 2 is 1.47 bits per heavy atom. The lowest BCUT2D eigenvalue weighted by molar-refractivity contribution is -0.174. The standard InChI is InChI=1S/C26H25ClO4S/c1-17-22-23(31-25(30-22)19-10-6-3-7-11-19)24(28-16-18-8-4-2-5-9-18)26(29-17)32-21-14-12-20(27)13-15-21/h2-15,17,22-26H,16H2,1H3/t17-,22+,23+,24-,25?,26+/m0/s1. The smallest absolute Gasteiger partial charge is 0.184 e. The first-order valence-corrected chi connectivity index (χ1v) is 12.0. The molecule has 2 fully saturated rings. The van der Waals surface area contributed by atoms with Crippen molar-refractivity contribution in [2.45, 2.75) is 54.6 Å². The fourth-order valence-corrected chi connectivity index (χ4v) is 5.37. The van der Waals surface area contributed by atoms with Crippen molar-refractivity contribution in [3.8, 4) is 0 Å². The summed E-state index contributed by atoms with van der Waals surface area (Å²) in [6.45, 7) is 2.51. The molecule has 6 heteroatoms. The Morgan fingerprint density at radius 1 is 0.812 bits per heavy atom. The van der Waals surface area contributed by atoms with Gasteiger partial charge in [0.15, 0.2) is 6.29 Å². The maximum Gasteiger partial charge on any atom is 0.184 e. The van der Waals surface area contributed by atoms with Gasteiger partial charge in [0.2, 0.25) is 0 Å². The molecular formula is C26H25ClO4S. The zero-order chi connectivity index (χ0) is 21.9. The third-order valence-electron chi connectivity index (χ3n) is 5.71. The molecule has 0 amide bonds. The van der Waals surface area contributed by atoms with Crippen LogP contribution in [0, 0.1) is 0 Å². The summed E-state index contributed by atoms with van der Waals surface area (Å²) in [6.07, 6.45) is -1.30. The molecule has 4 nitrogen and oxygen atoms in total. The molecule has 0 aliphatic carbocycles. The van der Waals surface area contributed by atoms with Gasteiger partial charge in [0, 0.05) is 15.5 Å². The average Bonchev–Trinajstić information content (AvgIpc) is 3.28. The van der Waals surface area contributed by atoms with Gasteiger partial charge in [0.05, 0.1) is 12.7 Å². The van der Waals surface area contributed by atoms with Gasteiger partial charge < -0.3 is 18.9 Å². The van der Waals surface area contributed by atoms with Crippen LogP contribution >= 0.6 is 23.4 Å². The highest BCUT2D eigenvalue weighted by Crippen LogP contribution is 2.44. The molecule has 0 radical (unpaired) electrons. The minimum Gasteiger partial charge on any atom is -0.367 e. The number of rotatable bonds is 6. The summed E-state index contributed by atoms with van der Waals surface area (Å²) in [4.78, 5) is 1.07. The van der Waals surface area contributed by atoms with Crippen LogP contribution in [-0.4, -0.2) is 29.9 Å². The first-order valence-electron chi connectivity index (χ1n) is 10.8. The molecule has 3 aromatic carbocycles. The molecule has 2 heterocycles. The van der Waals surface area contributed by atoms with Crippen molar-refractivity contribution in [2.75, 3.05) is 0 Å². The summed E-state index contributed by atoms with van der Waals surface area (Å²) in [5, 5.41) is 0.711. The van der Waals surface area contributed by atoms with Gasteiger partial charge in [-0.1, -0.05) is 84.0 Å². The molecule has 5 rings (SSSR count). The molecule has 0 aromatic heterocycles. The fraction of sp³-hybridized carbons (Fsp3) is 0.308. The molecule has 2 aliphatic heterocycles. The number of hydrogen-bond acceptors (Lipinski definition) is 5. The van der Waals surface area contributed by atoms with E-state index >= 15 is 0 Å². The number of ether oxygens (including phenoxy) is 4. The molecule has 6 atom stereocenters. The van der Waals surface area contributed by atoms with Crippen LogP contribution < -0.4 is 0 Å². The maximum absolute atomic E-state index is 6.45. The van der Waals surface area contributed by atoms with Gasteiger partial charge in [0.1, 0.15) is 23.7 Å². The van der Waals surface area contributed by atoms with Gasteiger partial charge in [0.25, 0.3) is 0 Å². The van der Waals surface area contributed by atoms with Crippen molar-refractivity contribution >= 4 is 23.4 Å². The average molecular weight is 469 g/mol. The first-order chi connectivity index (χ1) is 15.7. The van der Waals surface area contributed by atoms with Gasteiger partial charge in [-0.25, -0.2) is 0 Å². The summed E-state index contributed by atoms with van der Waals surface area (Å²) in [6, 6.07) is 27.9. The van der Waals surface area contributed by atoms with Gasteiger partial charge in [-0.15, -0.1) is 0 Å². The second-order valence-electron chi connectivity index (χ2n) is 7.99. The fourth-order valence-electron chi connectivity index (χ4n) is 4.09. The van der Waals surface area contributed by atoms with Crippen LogP contribution in [0.3, 0.4) is 0 Å². The first kappa shape index (κ1) is 22.0. The lowest BCUT2D eigenvalue weighted by Gasteiger charge is -2.40. The quantitative estimate of drug-likeness (QED) is 0.427. The van der Waals surface area contributed by atoms with E-state index in [-0.39, 0.29) is 29.9 Å². The second kappa shape index (κ2) is 9.96.